The standard InChI is InChI=1S/C17H27NO3/c1-12-5-6-13(7-12)10-18-11-14-8-15(19-2)17(21-4)16(9-14)20-3/h8-9,12-13,18H,5-7,10-11H2,1-4H3. The summed E-state index contributed by atoms with van der Waals surface area (Å²) in [5.41, 5.74) is 1.15. The number of rotatable bonds is 7. The number of methoxy groups -OCH3 is 3. The molecule has 21 heavy (non-hydrogen) atoms. The highest BCUT2D eigenvalue weighted by Crippen LogP contribution is 2.38. The maximum atomic E-state index is 5.38. The summed E-state index contributed by atoms with van der Waals surface area (Å²) in [4.78, 5) is 0. The van der Waals surface area contributed by atoms with Crippen LogP contribution in [0.15, 0.2) is 12.1 Å². The first-order chi connectivity index (χ1) is 10.2. The molecule has 0 radical (unpaired) electrons. The molecule has 1 N–H and O–H groups in total. The van der Waals surface area contributed by atoms with Gasteiger partial charge in [0.05, 0.1) is 21.3 Å². The molecule has 0 amide bonds. The van der Waals surface area contributed by atoms with Gasteiger partial charge in [0, 0.05) is 6.54 Å². The number of ether oxygens (including phenoxy) is 3. The molecular weight excluding hydrogens is 266 g/mol. The highest BCUT2D eigenvalue weighted by Gasteiger charge is 2.20. The van der Waals surface area contributed by atoms with Gasteiger partial charge in [0.25, 0.3) is 0 Å². The second-order valence-electron chi connectivity index (χ2n) is 5.95. The van der Waals surface area contributed by atoms with E-state index in [2.05, 4.69) is 12.2 Å². The maximum Gasteiger partial charge on any atom is 0.203 e. The molecule has 0 aliphatic heterocycles. The zero-order valence-electron chi connectivity index (χ0n) is 13.6. The highest BCUT2D eigenvalue weighted by molar-refractivity contribution is 5.53. The molecular formula is C17H27NO3. The molecule has 1 saturated carbocycles. The molecule has 4 heteroatoms. The Morgan fingerprint density at radius 2 is 1.71 bits per heavy atom. The van der Waals surface area contributed by atoms with Crippen LogP contribution in [-0.4, -0.2) is 27.9 Å². The molecule has 0 saturated heterocycles. The summed E-state index contributed by atoms with van der Waals surface area (Å²) in [6.07, 6.45) is 4.07. The largest absolute Gasteiger partial charge is 0.493 e. The van der Waals surface area contributed by atoms with Crippen LogP contribution in [0.1, 0.15) is 31.7 Å². The minimum Gasteiger partial charge on any atom is -0.493 e. The number of nitrogens with one attached hydrogen (secondary N) is 1. The van der Waals surface area contributed by atoms with Crippen molar-refractivity contribution < 1.29 is 14.2 Å². The molecule has 1 aromatic rings. The van der Waals surface area contributed by atoms with Crippen molar-refractivity contribution in [3.63, 3.8) is 0 Å². The Balaban J connectivity index is 1.96. The van der Waals surface area contributed by atoms with E-state index in [0.29, 0.717) is 17.2 Å². The summed E-state index contributed by atoms with van der Waals surface area (Å²) in [5.74, 6) is 3.78. The second kappa shape index (κ2) is 7.55. The SMILES string of the molecule is COc1cc(CNCC2CCC(C)C2)cc(OC)c1OC. The van der Waals surface area contributed by atoms with Crippen LogP contribution < -0.4 is 19.5 Å². The van der Waals surface area contributed by atoms with Crippen LogP contribution in [0, 0.1) is 11.8 Å². The number of benzene rings is 1. The smallest absolute Gasteiger partial charge is 0.203 e. The molecule has 0 bridgehead atoms. The fourth-order valence-corrected chi connectivity index (χ4v) is 3.17. The Morgan fingerprint density at radius 3 is 2.19 bits per heavy atom. The second-order valence-corrected chi connectivity index (χ2v) is 5.95. The average Bonchev–Trinajstić information content (AvgIpc) is 2.91. The van der Waals surface area contributed by atoms with Gasteiger partial charge in [0.15, 0.2) is 11.5 Å². The monoisotopic (exact) mass is 293 g/mol. The predicted molar refractivity (Wildman–Crippen MR) is 84.3 cm³/mol. The van der Waals surface area contributed by atoms with Gasteiger partial charge in [-0.3, -0.25) is 0 Å². The zero-order chi connectivity index (χ0) is 15.2. The normalized spacial score (nSPS) is 21.3. The van der Waals surface area contributed by atoms with Crippen molar-refractivity contribution in [2.45, 2.75) is 32.7 Å². The lowest BCUT2D eigenvalue weighted by Crippen LogP contribution is -2.21. The van der Waals surface area contributed by atoms with Gasteiger partial charge in [-0.1, -0.05) is 13.3 Å². The zero-order valence-corrected chi connectivity index (χ0v) is 13.6. The molecule has 0 aromatic heterocycles. The maximum absolute atomic E-state index is 5.38. The fourth-order valence-electron chi connectivity index (χ4n) is 3.17. The van der Waals surface area contributed by atoms with Gasteiger partial charge >= 0.3 is 0 Å². The Kier molecular flexibility index (Phi) is 5.74. The van der Waals surface area contributed by atoms with Crippen molar-refractivity contribution in [1.82, 2.24) is 5.32 Å². The first-order valence-corrected chi connectivity index (χ1v) is 7.67. The third-order valence-corrected chi connectivity index (χ3v) is 4.29. The predicted octanol–water partition coefficient (Wildman–Crippen LogP) is 3.24. The van der Waals surface area contributed by atoms with E-state index < -0.39 is 0 Å². The average molecular weight is 293 g/mol. The third kappa shape index (κ3) is 4.03. The van der Waals surface area contributed by atoms with Gasteiger partial charge in [0.2, 0.25) is 5.75 Å². The van der Waals surface area contributed by atoms with E-state index >= 15 is 0 Å². The molecule has 1 aliphatic carbocycles. The van der Waals surface area contributed by atoms with Crippen LogP contribution in [0.4, 0.5) is 0 Å². The Morgan fingerprint density at radius 1 is 1.05 bits per heavy atom. The van der Waals surface area contributed by atoms with Crippen molar-refractivity contribution >= 4 is 0 Å². The molecule has 0 spiro atoms. The van der Waals surface area contributed by atoms with Crippen LogP contribution in [0.25, 0.3) is 0 Å². The van der Waals surface area contributed by atoms with Crippen molar-refractivity contribution in [3.05, 3.63) is 17.7 Å². The van der Waals surface area contributed by atoms with E-state index in [4.69, 9.17) is 14.2 Å². The fraction of sp³-hybridized carbons (Fsp3) is 0.647. The van der Waals surface area contributed by atoms with Crippen molar-refractivity contribution in [2.24, 2.45) is 11.8 Å². The molecule has 1 fully saturated rings. The summed E-state index contributed by atoms with van der Waals surface area (Å²) >= 11 is 0. The first kappa shape index (κ1) is 16.0. The van der Waals surface area contributed by atoms with Gasteiger partial charge < -0.3 is 19.5 Å². The molecule has 1 aliphatic rings. The van der Waals surface area contributed by atoms with Gasteiger partial charge in [-0.25, -0.2) is 0 Å². The van der Waals surface area contributed by atoms with Crippen molar-refractivity contribution in [2.75, 3.05) is 27.9 Å². The number of hydrogen-bond donors (Lipinski definition) is 1. The number of hydrogen-bond acceptors (Lipinski definition) is 4. The Hall–Kier alpha value is -1.42. The van der Waals surface area contributed by atoms with Gasteiger partial charge in [-0.2, -0.15) is 0 Å². The van der Waals surface area contributed by atoms with Crippen LogP contribution >= 0.6 is 0 Å². The summed E-state index contributed by atoms with van der Waals surface area (Å²) in [5, 5.41) is 3.55. The van der Waals surface area contributed by atoms with Crippen molar-refractivity contribution in [1.29, 1.82) is 0 Å². The topological polar surface area (TPSA) is 39.7 Å². The third-order valence-electron chi connectivity index (χ3n) is 4.29. The lowest BCUT2D eigenvalue weighted by atomic mass is 10.1. The van der Waals surface area contributed by atoms with Crippen LogP contribution in [0.5, 0.6) is 17.2 Å². The van der Waals surface area contributed by atoms with Gasteiger partial charge in [0.1, 0.15) is 0 Å². The molecule has 118 valence electrons. The summed E-state index contributed by atoms with van der Waals surface area (Å²) in [6, 6.07) is 4.01. The molecule has 4 nitrogen and oxygen atoms in total. The quantitative estimate of drug-likeness (QED) is 0.838. The van der Waals surface area contributed by atoms with Crippen molar-refractivity contribution in [3.8, 4) is 17.2 Å². The van der Waals surface area contributed by atoms with Crippen LogP contribution in [-0.2, 0) is 6.54 Å². The lowest BCUT2D eigenvalue weighted by molar-refractivity contribution is 0.323. The Labute approximate surface area is 127 Å². The summed E-state index contributed by atoms with van der Waals surface area (Å²) < 4.78 is 16.1. The van der Waals surface area contributed by atoms with E-state index in [0.717, 1.165) is 30.5 Å². The van der Waals surface area contributed by atoms with Crippen LogP contribution in [0.2, 0.25) is 0 Å². The molecule has 1 aromatic carbocycles. The van der Waals surface area contributed by atoms with Gasteiger partial charge in [-0.05, 0) is 48.9 Å². The summed E-state index contributed by atoms with van der Waals surface area (Å²) in [7, 11) is 4.92. The highest BCUT2D eigenvalue weighted by atomic mass is 16.5. The van der Waals surface area contributed by atoms with E-state index in [9.17, 15) is 0 Å². The minimum atomic E-state index is 0.647. The van der Waals surface area contributed by atoms with Crippen LogP contribution in [0.3, 0.4) is 0 Å². The minimum absolute atomic E-state index is 0.647. The molecule has 2 unspecified atom stereocenters. The lowest BCUT2D eigenvalue weighted by Gasteiger charge is -2.15. The molecule has 2 atom stereocenters. The van der Waals surface area contributed by atoms with E-state index in [1.165, 1.54) is 19.3 Å². The van der Waals surface area contributed by atoms with E-state index in [1.807, 2.05) is 12.1 Å². The molecule has 2 rings (SSSR count). The Bertz CT molecular complexity index is 436. The van der Waals surface area contributed by atoms with E-state index in [-0.39, 0.29) is 0 Å². The van der Waals surface area contributed by atoms with E-state index in [1.54, 1.807) is 21.3 Å². The first-order valence-electron chi connectivity index (χ1n) is 7.67. The summed E-state index contributed by atoms with van der Waals surface area (Å²) in [6.45, 7) is 4.25. The van der Waals surface area contributed by atoms with Gasteiger partial charge in [-0.15, -0.1) is 0 Å². The molecule has 0 heterocycles.